The highest BCUT2D eigenvalue weighted by molar-refractivity contribution is 9.10. The minimum absolute atomic E-state index is 0.0261. The minimum atomic E-state index is -4.00. The highest BCUT2D eigenvalue weighted by atomic mass is 79.9. The zero-order valence-electron chi connectivity index (χ0n) is 15.3. The van der Waals surface area contributed by atoms with E-state index in [1.807, 2.05) is 31.2 Å². The molecule has 0 amide bonds. The zero-order chi connectivity index (χ0) is 20.6. The molecule has 29 heavy (non-hydrogen) atoms. The molecule has 1 aliphatic heterocycles. The molecular weight excluding hydrogens is 456 g/mol. The molecule has 0 spiro atoms. The fourth-order valence-corrected chi connectivity index (χ4v) is 4.09. The molecule has 7 heteroatoms. The molecule has 1 heterocycles. The van der Waals surface area contributed by atoms with Crippen LogP contribution in [0.2, 0.25) is 0 Å². The van der Waals surface area contributed by atoms with Gasteiger partial charge < -0.3 is 8.92 Å². The van der Waals surface area contributed by atoms with Crippen LogP contribution in [-0.2, 0) is 10.1 Å². The smallest absolute Gasteiger partial charge is 0.339 e. The monoisotopic (exact) mass is 470 g/mol. The van der Waals surface area contributed by atoms with Crippen molar-refractivity contribution >= 4 is 37.9 Å². The van der Waals surface area contributed by atoms with Gasteiger partial charge in [0.15, 0.2) is 5.76 Å². The molecule has 3 aromatic carbocycles. The van der Waals surface area contributed by atoms with Crippen molar-refractivity contribution in [2.45, 2.75) is 11.8 Å². The summed E-state index contributed by atoms with van der Waals surface area (Å²) < 4.78 is 36.5. The van der Waals surface area contributed by atoms with Gasteiger partial charge in [0.1, 0.15) is 16.4 Å². The molecule has 0 atom stereocenters. The maximum atomic E-state index is 12.6. The van der Waals surface area contributed by atoms with E-state index in [1.54, 1.807) is 18.2 Å². The Morgan fingerprint density at radius 3 is 2.48 bits per heavy atom. The predicted molar refractivity (Wildman–Crippen MR) is 113 cm³/mol. The Bertz CT molecular complexity index is 1240. The lowest BCUT2D eigenvalue weighted by atomic mass is 10.1. The van der Waals surface area contributed by atoms with Gasteiger partial charge in [-0.15, -0.1) is 0 Å². The summed E-state index contributed by atoms with van der Waals surface area (Å²) >= 11 is 3.26. The number of carbonyl (C=O) groups excluding carboxylic acids is 1. The summed E-state index contributed by atoms with van der Waals surface area (Å²) in [6, 6.07) is 18.1. The molecule has 0 bridgehead atoms. The first kappa shape index (κ1) is 19.4. The van der Waals surface area contributed by atoms with Gasteiger partial charge in [-0.1, -0.05) is 45.8 Å². The lowest BCUT2D eigenvalue weighted by molar-refractivity contribution is 0.101. The van der Waals surface area contributed by atoms with Crippen LogP contribution < -0.4 is 8.92 Å². The van der Waals surface area contributed by atoms with E-state index in [-0.39, 0.29) is 27.9 Å². The van der Waals surface area contributed by atoms with E-state index in [2.05, 4.69) is 15.9 Å². The Morgan fingerprint density at radius 1 is 1.00 bits per heavy atom. The highest BCUT2D eigenvalue weighted by Gasteiger charge is 2.28. The van der Waals surface area contributed by atoms with E-state index >= 15 is 0 Å². The topological polar surface area (TPSA) is 69.7 Å². The third-order valence-corrected chi connectivity index (χ3v) is 6.08. The minimum Gasteiger partial charge on any atom is -0.452 e. The van der Waals surface area contributed by atoms with Crippen LogP contribution in [0.5, 0.6) is 11.5 Å². The van der Waals surface area contributed by atoms with Crippen molar-refractivity contribution in [1.82, 2.24) is 0 Å². The number of Topliss-reactive ketones (excluding diaryl/α,β-unsaturated/α-hetero) is 1. The molecule has 0 aromatic heterocycles. The van der Waals surface area contributed by atoms with Crippen LogP contribution in [0.25, 0.3) is 6.08 Å². The first-order valence-electron chi connectivity index (χ1n) is 8.67. The summed E-state index contributed by atoms with van der Waals surface area (Å²) in [5.74, 6) is 0.246. The van der Waals surface area contributed by atoms with E-state index in [4.69, 9.17) is 8.92 Å². The van der Waals surface area contributed by atoms with Crippen LogP contribution in [0.4, 0.5) is 0 Å². The number of carbonyl (C=O) groups is 1. The van der Waals surface area contributed by atoms with Crippen molar-refractivity contribution in [1.29, 1.82) is 0 Å². The van der Waals surface area contributed by atoms with Crippen molar-refractivity contribution in [3.05, 3.63) is 93.7 Å². The molecule has 3 aromatic rings. The molecule has 146 valence electrons. The van der Waals surface area contributed by atoms with E-state index in [1.165, 1.54) is 30.3 Å². The Balaban J connectivity index is 1.60. The molecule has 0 aliphatic carbocycles. The van der Waals surface area contributed by atoms with Gasteiger partial charge in [-0.2, -0.15) is 8.42 Å². The largest absolute Gasteiger partial charge is 0.452 e. The van der Waals surface area contributed by atoms with E-state index in [9.17, 15) is 13.2 Å². The number of fused-ring (bicyclic) bond motifs is 1. The molecule has 0 fully saturated rings. The number of rotatable bonds is 4. The average Bonchev–Trinajstić information content (AvgIpc) is 2.97. The van der Waals surface area contributed by atoms with Crippen LogP contribution in [0.3, 0.4) is 0 Å². The van der Waals surface area contributed by atoms with Gasteiger partial charge in [-0.05, 0) is 55.0 Å². The second kappa shape index (κ2) is 7.50. The van der Waals surface area contributed by atoms with Crippen molar-refractivity contribution in [2.24, 2.45) is 0 Å². The maximum absolute atomic E-state index is 12.6. The normalized spacial score (nSPS) is 14.6. The molecule has 0 N–H and O–H groups in total. The Kier molecular flexibility index (Phi) is 5.02. The fourth-order valence-electron chi connectivity index (χ4n) is 2.91. The van der Waals surface area contributed by atoms with Gasteiger partial charge in [0.05, 0.1) is 5.56 Å². The summed E-state index contributed by atoms with van der Waals surface area (Å²) in [5, 5.41) is 0. The molecule has 0 saturated heterocycles. The summed E-state index contributed by atoms with van der Waals surface area (Å²) in [4.78, 5) is 12.6. The zero-order valence-corrected chi connectivity index (χ0v) is 17.7. The Morgan fingerprint density at radius 2 is 1.76 bits per heavy atom. The second-order valence-electron chi connectivity index (χ2n) is 6.50. The van der Waals surface area contributed by atoms with Crippen molar-refractivity contribution in [2.75, 3.05) is 0 Å². The molecular formula is C22H15BrO5S. The number of hydrogen-bond acceptors (Lipinski definition) is 5. The number of halogens is 1. The van der Waals surface area contributed by atoms with Gasteiger partial charge in [0.25, 0.3) is 0 Å². The van der Waals surface area contributed by atoms with Crippen LogP contribution >= 0.6 is 15.9 Å². The van der Waals surface area contributed by atoms with Crippen LogP contribution in [0, 0.1) is 6.92 Å². The fraction of sp³-hybridized carbons (Fsp3) is 0.0455. The lowest BCUT2D eigenvalue weighted by Gasteiger charge is -2.08. The first-order chi connectivity index (χ1) is 13.8. The van der Waals surface area contributed by atoms with Gasteiger partial charge >= 0.3 is 10.1 Å². The molecule has 0 unspecified atom stereocenters. The van der Waals surface area contributed by atoms with Gasteiger partial charge in [-0.25, -0.2) is 0 Å². The highest BCUT2D eigenvalue weighted by Crippen LogP contribution is 2.35. The average molecular weight is 471 g/mol. The van der Waals surface area contributed by atoms with Crippen LogP contribution in [-0.4, -0.2) is 14.2 Å². The van der Waals surface area contributed by atoms with E-state index in [0.717, 1.165) is 15.6 Å². The molecule has 0 saturated carbocycles. The summed E-state index contributed by atoms with van der Waals surface area (Å²) in [6.07, 6.45) is 1.66. The number of benzene rings is 3. The molecule has 0 radical (unpaired) electrons. The first-order valence-corrected chi connectivity index (χ1v) is 10.9. The van der Waals surface area contributed by atoms with Crippen molar-refractivity contribution in [3.63, 3.8) is 0 Å². The van der Waals surface area contributed by atoms with Crippen molar-refractivity contribution < 1.29 is 22.1 Å². The number of ether oxygens (including phenoxy) is 1. The number of hydrogen-bond donors (Lipinski definition) is 0. The molecule has 4 rings (SSSR count). The Labute approximate surface area is 176 Å². The Hall–Kier alpha value is -2.90. The van der Waals surface area contributed by atoms with Gasteiger partial charge in [-0.3, -0.25) is 4.79 Å². The second-order valence-corrected chi connectivity index (χ2v) is 8.97. The summed E-state index contributed by atoms with van der Waals surface area (Å²) in [5.41, 5.74) is 2.27. The lowest BCUT2D eigenvalue weighted by Crippen LogP contribution is -2.09. The molecule has 5 nitrogen and oxygen atoms in total. The number of allylic oxidation sites excluding steroid dienone is 1. The SMILES string of the molecule is Cc1cccc(C=C2Oc3cc(OS(=O)(=O)c4ccc(Br)cc4)ccc3C2=O)c1. The van der Waals surface area contributed by atoms with E-state index in [0.29, 0.717) is 5.56 Å². The quantitative estimate of drug-likeness (QED) is 0.389. The van der Waals surface area contributed by atoms with Gasteiger partial charge in [0, 0.05) is 10.5 Å². The number of aryl methyl sites for hydroxylation is 1. The summed E-state index contributed by atoms with van der Waals surface area (Å²) in [7, 11) is -4.00. The van der Waals surface area contributed by atoms with Crippen LogP contribution in [0.15, 0.2) is 81.9 Å². The van der Waals surface area contributed by atoms with E-state index < -0.39 is 10.1 Å². The third kappa shape index (κ3) is 4.11. The maximum Gasteiger partial charge on any atom is 0.339 e. The number of ketones is 1. The summed E-state index contributed by atoms with van der Waals surface area (Å²) in [6.45, 7) is 1.96. The standard InChI is InChI=1S/C22H15BrO5S/c1-14-3-2-4-15(11-14)12-21-22(24)19-10-7-17(13-20(19)27-21)28-29(25,26)18-8-5-16(23)6-9-18/h2-13H,1H3. The molecule has 1 aliphatic rings. The predicted octanol–water partition coefficient (Wildman–Crippen LogP) is 5.14. The third-order valence-electron chi connectivity index (χ3n) is 4.29. The van der Waals surface area contributed by atoms with Gasteiger partial charge in [0.2, 0.25) is 5.78 Å². The van der Waals surface area contributed by atoms with Crippen molar-refractivity contribution in [3.8, 4) is 11.5 Å². The van der Waals surface area contributed by atoms with Crippen LogP contribution in [0.1, 0.15) is 21.5 Å².